The molecule has 3 aliphatic rings. The molecule has 10 nitrogen and oxygen atoms in total. The largest absolute Gasteiger partial charge is 0.482 e. The summed E-state index contributed by atoms with van der Waals surface area (Å²) < 4.78 is 43.9. The maximum Gasteiger partial charge on any atom is 0.262 e. The van der Waals surface area contributed by atoms with Crippen LogP contribution in [0.5, 0.6) is 17.2 Å². The van der Waals surface area contributed by atoms with Crippen LogP contribution in [-0.2, 0) is 14.8 Å². The molecule has 1 N–H and O–H groups in total. The van der Waals surface area contributed by atoms with E-state index in [0.717, 1.165) is 0 Å². The van der Waals surface area contributed by atoms with E-state index in [4.69, 9.17) is 14.2 Å². The van der Waals surface area contributed by atoms with Crippen molar-refractivity contribution >= 4 is 27.5 Å². The Hall–Kier alpha value is -3.31. The van der Waals surface area contributed by atoms with E-state index in [1.165, 1.54) is 10.4 Å². The van der Waals surface area contributed by atoms with E-state index < -0.39 is 10.0 Å². The fourth-order valence-electron chi connectivity index (χ4n) is 3.98. The molecular formula is C21H21N3O7S. The number of nitrogens with zero attached hydrogens (tertiary/aromatic N) is 2. The number of carbonyl (C=O) groups is 2. The van der Waals surface area contributed by atoms with Crippen molar-refractivity contribution in [1.82, 2.24) is 9.21 Å². The lowest BCUT2D eigenvalue weighted by atomic mass is 10.1. The lowest BCUT2D eigenvalue weighted by Crippen LogP contribution is -2.50. The van der Waals surface area contributed by atoms with Gasteiger partial charge in [0.2, 0.25) is 16.8 Å². The molecular weight excluding hydrogens is 438 g/mol. The topological polar surface area (TPSA) is 114 Å². The second-order valence-electron chi connectivity index (χ2n) is 7.72. The molecule has 0 aromatic heterocycles. The van der Waals surface area contributed by atoms with E-state index >= 15 is 0 Å². The van der Waals surface area contributed by atoms with Gasteiger partial charge in [0.25, 0.3) is 11.8 Å². The van der Waals surface area contributed by atoms with Crippen LogP contribution in [0.4, 0.5) is 5.69 Å². The lowest BCUT2D eigenvalue weighted by molar-refractivity contribution is -0.118. The first-order chi connectivity index (χ1) is 15.3. The van der Waals surface area contributed by atoms with Crippen molar-refractivity contribution in [3.8, 4) is 17.2 Å². The maximum atomic E-state index is 13.3. The summed E-state index contributed by atoms with van der Waals surface area (Å²) in [6.45, 7) is 2.53. The van der Waals surface area contributed by atoms with Crippen LogP contribution in [0.2, 0.25) is 0 Å². The lowest BCUT2D eigenvalue weighted by Gasteiger charge is -2.34. The summed E-state index contributed by atoms with van der Waals surface area (Å²) in [7, 11) is -3.80. The van der Waals surface area contributed by atoms with E-state index in [2.05, 4.69) is 5.32 Å². The Morgan fingerprint density at radius 1 is 0.969 bits per heavy atom. The molecule has 1 saturated heterocycles. The molecule has 1 fully saturated rings. The predicted octanol–water partition coefficient (Wildman–Crippen LogP) is 1.20. The molecule has 2 amide bonds. The summed E-state index contributed by atoms with van der Waals surface area (Å²) in [5, 5.41) is 2.67. The quantitative estimate of drug-likeness (QED) is 0.734. The van der Waals surface area contributed by atoms with Gasteiger partial charge in [-0.2, -0.15) is 4.31 Å². The molecule has 0 saturated carbocycles. The molecule has 0 spiro atoms. The van der Waals surface area contributed by atoms with Gasteiger partial charge in [-0.1, -0.05) is 0 Å². The van der Waals surface area contributed by atoms with Crippen LogP contribution in [0.1, 0.15) is 15.9 Å². The van der Waals surface area contributed by atoms with Crippen molar-refractivity contribution < 1.29 is 32.2 Å². The molecule has 11 heteroatoms. The van der Waals surface area contributed by atoms with Crippen LogP contribution in [0.25, 0.3) is 0 Å². The van der Waals surface area contributed by atoms with Crippen LogP contribution < -0.4 is 19.5 Å². The fraction of sp³-hybridized carbons (Fsp3) is 0.333. The number of fused-ring (bicyclic) bond motifs is 2. The minimum atomic E-state index is -3.80. The van der Waals surface area contributed by atoms with Gasteiger partial charge in [-0.15, -0.1) is 0 Å². The molecule has 32 heavy (non-hydrogen) atoms. The second kappa shape index (κ2) is 7.68. The third-order valence-corrected chi connectivity index (χ3v) is 7.71. The highest BCUT2D eigenvalue weighted by Crippen LogP contribution is 2.35. The summed E-state index contributed by atoms with van der Waals surface area (Å²) in [5.41, 5.74) is 1.43. The Balaban J connectivity index is 1.30. The van der Waals surface area contributed by atoms with Crippen LogP contribution in [-0.4, -0.2) is 69.0 Å². The van der Waals surface area contributed by atoms with Crippen molar-refractivity contribution in [3.05, 3.63) is 41.5 Å². The highest BCUT2D eigenvalue weighted by molar-refractivity contribution is 7.89. The molecule has 0 aliphatic carbocycles. The zero-order valence-corrected chi connectivity index (χ0v) is 18.1. The van der Waals surface area contributed by atoms with Gasteiger partial charge in [0.15, 0.2) is 18.1 Å². The number of rotatable bonds is 3. The van der Waals surface area contributed by atoms with E-state index in [0.29, 0.717) is 34.1 Å². The number of nitrogens with one attached hydrogen (secondary N) is 1. The fourth-order valence-corrected chi connectivity index (χ4v) is 5.62. The first-order valence-corrected chi connectivity index (χ1v) is 11.5. The Morgan fingerprint density at radius 2 is 1.72 bits per heavy atom. The number of anilines is 1. The average Bonchev–Trinajstić information content (AvgIpc) is 3.26. The molecule has 2 aromatic carbocycles. The van der Waals surface area contributed by atoms with Crippen molar-refractivity contribution in [3.63, 3.8) is 0 Å². The molecule has 2 aromatic rings. The zero-order chi connectivity index (χ0) is 22.5. The van der Waals surface area contributed by atoms with Gasteiger partial charge < -0.3 is 24.4 Å². The van der Waals surface area contributed by atoms with Gasteiger partial charge in [-0.3, -0.25) is 9.59 Å². The molecule has 0 atom stereocenters. The number of piperazine rings is 1. The van der Waals surface area contributed by atoms with Gasteiger partial charge in [0, 0.05) is 37.8 Å². The van der Waals surface area contributed by atoms with Gasteiger partial charge in [-0.25, -0.2) is 8.42 Å². The Bertz CT molecular complexity index is 1220. The Kier molecular flexibility index (Phi) is 4.94. The van der Waals surface area contributed by atoms with Crippen molar-refractivity contribution in [2.24, 2.45) is 0 Å². The van der Waals surface area contributed by atoms with Crippen LogP contribution >= 0.6 is 0 Å². The summed E-state index contributed by atoms with van der Waals surface area (Å²) in [6, 6.07) is 8.05. The molecule has 0 bridgehead atoms. The van der Waals surface area contributed by atoms with Gasteiger partial charge >= 0.3 is 0 Å². The number of hydrogen-bond acceptors (Lipinski definition) is 7. The number of hydrogen-bond donors (Lipinski definition) is 1. The SMILES string of the molecule is Cc1cc2c(cc1S(=O)(=O)N1CCN(C(=O)c3ccc4c(c3)OCO4)CC1)OCC(=O)N2. The number of sulfonamides is 1. The van der Waals surface area contributed by atoms with E-state index in [-0.39, 0.29) is 56.3 Å². The highest BCUT2D eigenvalue weighted by atomic mass is 32.2. The number of aryl methyl sites for hydroxylation is 1. The minimum Gasteiger partial charge on any atom is -0.482 e. The normalized spacial score (nSPS) is 18.0. The van der Waals surface area contributed by atoms with Crippen LogP contribution in [0.15, 0.2) is 35.2 Å². The summed E-state index contributed by atoms with van der Waals surface area (Å²) in [5.74, 6) is 0.982. The molecule has 0 radical (unpaired) electrons. The Labute approximate surface area is 184 Å². The third kappa shape index (κ3) is 3.53. The molecule has 5 rings (SSSR count). The molecule has 168 valence electrons. The number of carbonyl (C=O) groups excluding carboxylic acids is 2. The van der Waals surface area contributed by atoms with E-state index in [1.807, 2.05) is 0 Å². The summed E-state index contributed by atoms with van der Waals surface area (Å²) in [4.78, 5) is 26.1. The minimum absolute atomic E-state index is 0.128. The summed E-state index contributed by atoms with van der Waals surface area (Å²) >= 11 is 0. The second-order valence-corrected chi connectivity index (χ2v) is 9.62. The first-order valence-electron chi connectivity index (χ1n) is 10.1. The molecule has 3 aliphatic heterocycles. The molecule has 0 unspecified atom stereocenters. The zero-order valence-electron chi connectivity index (χ0n) is 17.3. The van der Waals surface area contributed by atoms with Crippen molar-refractivity contribution in [2.75, 3.05) is 44.9 Å². The number of benzene rings is 2. The van der Waals surface area contributed by atoms with Crippen molar-refractivity contribution in [2.45, 2.75) is 11.8 Å². The average molecular weight is 459 g/mol. The monoisotopic (exact) mass is 459 g/mol. The van der Waals surface area contributed by atoms with Gasteiger partial charge in [-0.05, 0) is 36.8 Å². The first kappa shape index (κ1) is 20.6. The van der Waals surface area contributed by atoms with Crippen LogP contribution in [0.3, 0.4) is 0 Å². The third-order valence-electron chi connectivity index (χ3n) is 5.67. The molecule has 3 heterocycles. The standard InChI is InChI=1S/C21H21N3O7S/c1-13-8-15-17(29-11-20(25)22-15)10-19(13)32(27,28)24-6-4-23(5-7-24)21(26)14-2-3-16-18(9-14)31-12-30-16/h2-3,8-10H,4-7,11-12H2,1H3,(H,22,25). The number of ether oxygens (including phenoxy) is 3. The van der Waals surface area contributed by atoms with Gasteiger partial charge in [0.1, 0.15) is 5.75 Å². The number of amides is 2. The van der Waals surface area contributed by atoms with Crippen LogP contribution in [0, 0.1) is 6.92 Å². The predicted molar refractivity (Wildman–Crippen MR) is 113 cm³/mol. The maximum absolute atomic E-state index is 13.3. The smallest absolute Gasteiger partial charge is 0.262 e. The van der Waals surface area contributed by atoms with E-state index in [9.17, 15) is 18.0 Å². The summed E-state index contributed by atoms with van der Waals surface area (Å²) in [6.07, 6.45) is 0. The highest BCUT2D eigenvalue weighted by Gasteiger charge is 2.33. The van der Waals surface area contributed by atoms with Gasteiger partial charge in [0.05, 0.1) is 10.6 Å². The van der Waals surface area contributed by atoms with Crippen molar-refractivity contribution in [1.29, 1.82) is 0 Å². The Morgan fingerprint density at radius 3 is 2.50 bits per heavy atom. The van der Waals surface area contributed by atoms with E-state index in [1.54, 1.807) is 36.1 Å².